The molecule has 0 saturated carbocycles. The van der Waals surface area contributed by atoms with E-state index in [0.717, 1.165) is 12.8 Å². The van der Waals surface area contributed by atoms with Gasteiger partial charge in [-0.1, -0.05) is 31.2 Å². The van der Waals surface area contributed by atoms with E-state index in [9.17, 15) is 0 Å². The summed E-state index contributed by atoms with van der Waals surface area (Å²) in [6, 6.07) is 0. The lowest BCUT2D eigenvalue weighted by Crippen LogP contribution is -2.03. The van der Waals surface area contributed by atoms with Gasteiger partial charge in [0.25, 0.3) is 0 Å². The van der Waals surface area contributed by atoms with Crippen LogP contribution in [0.5, 0.6) is 0 Å². The van der Waals surface area contributed by atoms with E-state index in [4.69, 9.17) is 0 Å². The van der Waals surface area contributed by atoms with Crippen molar-refractivity contribution in [3.05, 3.63) is 46.6 Å². The summed E-state index contributed by atoms with van der Waals surface area (Å²) >= 11 is 0. The second-order valence-electron chi connectivity index (χ2n) is 3.94. The Kier molecular flexibility index (Phi) is 4.29. The van der Waals surface area contributed by atoms with Gasteiger partial charge in [-0.15, -0.1) is 8.86 Å². The van der Waals surface area contributed by atoms with E-state index in [1.54, 1.807) is 0 Å². The number of allylic oxidation sites excluding steroid dienone is 7. The third-order valence-electron chi connectivity index (χ3n) is 3.05. The monoisotopic (exact) mass is 218 g/mol. The number of hydrogen-bond donors (Lipinski definition) is 0. The molecule has 0 spiro atoms. The summed E-state index contributed by atoms with van der Waals surface area (Å²) in [5.41, 5.74) is 6.83. The first-order valence-corrected chi connectivity index (χ1v) is 5.94. The summed E-state index contributed by atoms with van der Waals surface area (Å²) < 4.78 is 0. The van der Waals surface area contributed by atoms with Gasteiger partial charge in [-0.3, -0.25) is 0 Å². The molecule has 0 amide bonds. The van der Waals surface area contributed by atoms with Gasteiger partial charge in [0.1, 0.15) is 0 Å². The van der Waals surface area contributed by atoms with E-state index in [2.05, 4.69) is 42.3 Å². The molecule has 0 fully saturated rings. The van der Waals surface area contributed by atoms with E-state index in [-0.39, 0.29) is 0 Å². The molecule has 0 nitrogen and oxygen atoms in total. The second kappa shape index (κ2) is 5.28. The molecule has 0 atom stereocenters. The first-order chi connectivity index (χ1) is 7.11. The molecule has 0 aromatic rings. The van der Waals surface area contributed by atoms with Crippen molar-refractivity contribution in [2.75, 3.05) is 0 Å². The van der Waals surface area contributed by atoms with Crippen LogP contribution in [0.1, 0.15) is 33.6 Å². The molecule has 1 aliphatic rings. The molecular weight excluding hydrogens is 199 g/mol. The smallest absolute Gasteiger partial charge is 0.00610 e. The lowest BCUT2D eigenvalue weighted by molar-refractivity contribution is 0.980. The molecule has 1 rings (SSSR count). The molecular formula is C14H19P. The van der Waals surface area contributed by atoms with Crippen LogP contribution in [0.3, 0.4) is 0 Å². The second-order valence-corrected chi connectivity index (χ2v) is 4.28. The summed E-state index contributed by atoms with van der Waals surface area (Å²) in [7, 11) is 3.34. The van der Waals surface area contributed by atoms with Crippen LogP contribution in [-0.2, 0) is 0 Å². The van der Waals surface area contributed by atoms with Crippen LogP contribution >= 0.6 is 8.86 Å². The highest BCUT2D eigenvalue weighted by molar-refractivity contribution is 7.18. The molecule has 0 heterocycles. The lowest BCUT2D eigenvalue weighted by atomic mass is 9.83. The summed E-state index contributed by atoms with van der Waals surface area (Å²) in [4.78, 5) is 0. The van der Waals surface area contributed by atoms with Crippen molar-refractivity contribution in [2.45, 2.75) is 33.6 Å². The Morgan fingerprint density at radius 2 is 2.07 bits per heavy atom. The quantitative estimate of drug-likeness (QED) is 0.612. The SMILES string of the molecule is C=C1C(C)=C(C)CC(/C=C\C=P)=C1CC. The van der Waals surface area contributed by atoms with E-state index in [1.165, 1.54) is 27.9 Å². The van der Waals surface area contributed by atoms with Crippen LogP contribution < -0.4 is 0 Å². The van der Waals surface area contributed by atoms with Gasteiger partial charge in [0.15, 0.2) is 0 Å². The van der Waals surface area contributed by atoms with Crippen molar-refractivity contribution >= 4 is 14.7 Å². The van der Waals surface area contributed by atoms with Gasteiger partial charge < -0.3 is 0 Å². The highest BCUT2D eigenvalue weighted by atomic mass is 31.0. The molecule has 0 aromatic heterocycles. The van der Waals surface area contributed by atoms with Crippen molar-refractivity contribution in [3.8, 4) is 0 Å². The fourth-order valence-corrected chi connectivity index (χ4v) is 2.06. The Morgan fingerprint density at radius 3 is 2.60 bits per heavy atom. The standard InChI is InChI=1S/C14H19P/c1-5-14-12(4)11(3)10(2)9-13(14)7-6-8-15/h6-8,15H,4-5,9H2,1-3H3/b7-6-. The van der Waals surface area contributed by atoms with Gasteiger partial charge in [0.05, 0.1) is 0 Å². The maximum Gasteiger partial charge on any atom is -0.00610 e. The van der Waals surface area contributed by atoms with Crippen molar-refractivity contribution in [2.24, 2.45) is 0 Å². The minimum Gasteiger partial charge on any atom is -0.122 e. The molecule has 0 bridgehead atoms. The predicted molar refractivity (Wildman–Crippen MR) is 73.0 cm³/mol. The van der Waals surface area contributed by atoms with Crippen LogP contribution in [0.2, 0.25) is 0 Å². The van der Waals surface area contributed by atoms with Gasteiger partial charge in [-0.2, -0.15) is 0 Å². The Balaban J connectivity index is 3.12. The predicted octanol–water partition coefficient (Wildman–Crippen LogP) is 4.49. The Bertz CT molecular complexity index is 378. The minimum atomic E-state index is 1.06. The third-order valence-corrected chi connectivity index (χ3v) is 3.24. The maximum atomic E-state index is 4.18. The molecule has 0 N–H and O–H groups in total. The van der Waals surface area contributed by atoms with E-state index >= 15 is 0 Å². The Morgan fingerprint density at radius 1 is 1.40 bits per heavy atom. The van der Waals surface area contributed by atoms with Crippen LogP contribution in [0.4, 0.5) is 0 Å². The van der Waals surface area contributed by atoms with Crippen molar-refractivity contribution < 1.29 is 0 Å². The Labute approximate surface area is 95.3 Å². The van der Waals surface area contributed by atoms with Crippen molar-refractivity contribution in [3.63, 3.8) is 0 Å². The molecule has 0 aliphatic heterocycles. The largest absolute Gasteiger partial charge is 0.122 e. The molecule has 15 heavy (non-hydrogen) atoms. The average Bonchev–Trinajstić information content (AvgIpc) is 2.23. The summed E-state index contributed by atoms with van der Waals surface area (Å²) in [6.07, 6.45) is 6.32. The maximum absolute atomic E-state index is 4.18. The van der Waals surface area contributed by atoms with Gasteiger partial charge in [0.2, 0.25) is 0 Å². The lowest BCUT2D eigenvalue weighted by Gasteiger charge is -2.22. The first kappa shape index (κ1) is 12.2. The van der Waals surface area contributed by atoms with Crippen molar-refractivity contribution in [1.82, 2.24) is 0 Å². The summed E-state index contributed by atoms with van der Waals surface area (Å²) in [5.74, 6) is 1.88. The van der Waals surface area contributed by atoms with E-state index in [1.807, 2.05) is 11.9 Å². The summed E-state index contributed by atoms with van der Waals surface area (Å²) in [5, 5.41) is 0. The molecule has 0 unspecified atom stereocenters. The summed E-state index contributed by atoms with van der Waals surface area (Å²) in [6.45, 7) is 10.7. The highest BCUT2D eigenvalue weighted by Crippen LogP contribution is 2.35. The number of hydrogen-bond acceptors (Lipinski definition) is 0. The van der Waals surface area contributed by atoms with Crippen LogP contribution in [-0.4, -0.2) is 5.80 Å². The van der Waals surface area contributed by atoms with Crippen LogP contribution in [0, 0.1) is 0 Å². The fourth-order valence-electron chi connectivity index (χ4n) is 1.97. The van der Waals surface area contributed by atoms with Crippen LogP contribution in [0.15, 0.2) is 46.6 Å². The molecule has 1 aliphatic carbocycles. The minimum absolute atomic E-state index is 1.06. The molecule has 0 radical (unpaired) electrons. The Hall–Kier alpha value is -0.870. The van der Waals surface area contributed by atoms with E-state index < -0.39 is 0 Å². The molecule has 1 heteroatoms. The zero-order valence-electron chi connectivity index (χ0n) is 9.85. The van der Waals surface area contributed by atoms with Crippen LogP contribution in [0.25, 0.3) is 0 Å². The fraction of sp³-hybridized carbons (Fsp3) is 0.357. The van der Waals surface area contributed by atoms with Crippen molar-refractivity contribution in [1.29, 1.82) is 0 Å². The normalized spacial score (nSPS) is 17.9. The van der Waals surface area contributed by atoms with E-state index in [0.29, 0.717) is 0 Å². The highest BCUT2D eigenvalue weighted by Gasteiger charge is 2.16. The van der Waals surface area contributed by atoms with Gasteiger partial charge in [-0.25, -0.2) is 0 Å². The van der Waals surface area contributed by atoms with Gasteiger partial charge in [-0.05, 0) is 54.8 Å². The molecule has 80 valence electrons. The zero-order valence-corrected chi connectivity index (χ0v) is 10.9. The number of rotatable bonds is 3. The average molecular weight is 218 g/mol. The molecule has 0 saturated heterocycles. The van der Waals surface area contributed by atoms with Gasteiger partial charge in [0, 0.05) is 0 Å². The first-order valence-electron chi connectivity index (χ1n) is 5.37. The van der Waals surface area contributed by atoms with Gasteiger partial charge >= 0.3 is 0 Å². The topological polar surface area (TPSA) is 0 Å². The molecule has 0 aromatic carbocycles. The zero-order chi connectivity index (χ0) is 11.4. The third kappa shape index (κ3) is 2.58.